The van der Waals surface area contributed by atoms with Gasteiger partial charge in [-0.15, -0.1) is 0 Å². The smallest absolute Gasteiger partial charge is 0.0865 e. The first-order valence-corrected chi connectivity index (χ1v) is 3.37. The SMILES string of the molecule is Nc1cc(Cl)cc(N)c1Cl. The van der Waals surface area contributed by atoms with Gasteiger partial charge in [-0.1, -0.05) is 23.2 Å². The van der Waals surface area contributed by atoms with Crippen LogP contribution >= 0.6 is 23.2 Å². The second kappa shape index (κ2) is 2.56. The van der Waals surface area contributed by atoms with Gasteiger partial charge in [0.15, 0.2) is 0 Å². The minimum absolute atomic E-state index is 0.365. The van der Waals surface area contributed by atoms with E-state index in [1.807, 2.05) is 0 Å². The Labute approximate surface area is 68.7 Å². The summed E-state index contributed by atoms with van der Waals surface area (Å²) in [6.45, 7) is 0. The average molecular weight is 177 g/mol. The van der Waals surface area contributed by atoms with Gasteiger partial charge in [-0.25, -0.2) is 0 Å². The summed E-state index contributed by atoms with van der Waals surface area (Å²) < 4.78 is 0. The lowest BCUT2D eigenvalue weighted by Crippen LogP contribution is -1.91. The molecule has 0 bridgehead atoms. The number of hydrogen-bond acceptors (Lipinski definition) is 2. The van der Waals surface area contributed by atoms with Gasteiger partial charge in [0.05, 0.1) is 16.4 Å². The Bertz CT molecular complexity index is 237. The minimum Gasteiger partial charge on any atom is -0.397 e. The molecule has 1 rings (SSSR count). The van der Waals surface area contributed by atoms with E-state index in [1.54, 1.807) is 12.1 Å². The lowest BCUT2D eigenvalue weighted by Gasteiger charge is -2.01. The molecule has 2 nitrogen and oxygen atoms in total. The Morgan fingerprint density at radius 2 is 1.40 bits per heavy atom. The fourth-order valence-corrected chi connectivity index (χ4v) is 0.976. The number of rotatable bonds is 0. The van der Waals surface area contributed by atoms with Gasteiger partial charge in [0.25, 0.3) is 0 Å². The molecule has 0 atom stereocenters. The van der Waals surface area contributed by atoms with Crippen molar-refractivity contribution < 1.29 is 0 Å². The van der Waals surface area contributed by atoms with E-state index in [4.69, 9.17) is 34.7 Å². The van der Waals surface area contributed by atoms with Crippen molar-refractivity contribution in [2.45, 2.75) is 0 Å². The number of benzene rings is 1. The predicted octanol–water partition coefficient (Wildman–Crippen LogP) is 2.16. The van der Waals surface area contributed by atoms with Crippen LogP contribution in [0.2, 0.25) is 10.0 Å². The monoisotopic (exact) mass is 176 g/mol. The molecule has 10 heavy (non-hydrogen) atoms. The minimum atomic E-state index is 0.365. The Morgan fingerprint density at radius 1 is 1.00 bits per heavy atom. The molecule has 0 aliphatic rings. The van der Waals surface area contributed by atoms with Crippen LogP contribution in [0.4, 0.5) is 11.4 Å². The van der Waals surface area contributed by atoms with Crippen LogP contribution in [0.1, 0.15) is 0 Å². The van der Waals surface area contributed by atoms with Crippen LogP contribution in [0.15, 0.2) is 12.1 Å². The maximum absolute atomic E-state index is 5.64. The van der Waals surface area contributed by atoms with E-state index < -0.39 is 0 Å². The molecular formula is C6H6Cl2N2. The first kappa shape index (κ1) is 7.51. The normalized spacial score (nSPS) is 9.80. The van der Waals surface area contributed by atoms with Gasteiger partial charge < -0.3 is 11.5 Å². The van der Waals surface area contributed by atoms with Crippen molar-refractivity contribution in [3.8, 4) is 0 Å². The lowest BCUT2D eigenvalue weighted by atomic mass is 10.3. The van der Waals surface area contributed by atoms with E-state index >= 15 is 0 Å². The highest BCUT2D eigenvalue weighted by molar-refractivity contribution is 6.37. The maximum Gasteiger partial charge on any atom is 0.0865 e. The Balaban J connectivity index is 3.31. The molecule has 4 N–H and O–H groups in total. The number of anilines is 2. The van der Waals surface area contributed by atoms with Crippen molar-refractivity contribution in [1.82, 2.24) is 0 Å². The number of hydrogen-bond donors (Lipinski definition) is 2. The van der Waals surface area contributed by atoms with Crippen LogP contribution in [0, 0.1) is 0 Å². The Hall–Kier alpha value is -0.600. The molecule has 0 heterocycles. The van der Waals surface area contributed by atoms with Crippen LogP contribution in [-0.4, -0.2) is 0 Å². The van der Waals surface area contributed by atoms with E-state index in [2.05, 4.69) is 0 Å². The predicted molar refractivity (Wildman–Crippen MR) is 45.3 cm³/mol. The van der Waals surface area contributed by atoms with Gasteiger partial charge in [-0.05, 0) is 12.1 Å². The van der Waals surface area contributed by atoms with Crippen LogP contribution < -0.4 is 11.5 Å². The number of nitrogen functional groups attached to an aromatic ring is 2. The third kappa shape index (κ3) is 1.28. The summed E-state index contributed by atoms with van der Waals surface area (Å²) in [7, 11) is 0. The molecule has 0 aromatic heterocycles. The molecule has 0 aliphatic carbocycles. The van der Waals surface area contributed by atoms with Gasteiger partial charge in [0.1, 0.15) is 0 Å². The van der Waals surface area contributed by atoms with Crippen LogP contribution in [0.25, 0.3) is 0 Å². The first-order valence-electron chi connectivity index (χ1n) is 2.61. The highest BCUT2D eigenvalue weighted by Gasteiger charge is 2.01. The summed E-state index contributed by atoms with van der Waals surface area (Å²) in [5, 5.41) is 0.865. The summed E-state index contributed by atoms with van der Waals surface area (Å²) in [6, 6.07) is 3.11. The summed E-state index contributed by atoms with van der Waals surface area (Å²) in [5.74, 6) is 0. The van der Waals surface area contributed by atoms with Gasteiger partial charge in [0, 0.05) is 5.02 Å². The molecule has 0 aliphatic heterocycles. The molecule has 0 spiro atoms. The lowest BCUT2D eigenvalue weighted by molar-refractivity contribution is 1.66. The van der Waals surface area contributed by atoms with Crippen LogP contribution in [-0.2, 0) is 0 Å². The van der Waals surface area contributed by atoms with E-state index in [0.717, 1.165) is 0 Å². The second-order valence-electron chi connectivity index (χ2n) is 1.90. The van der Waals surface area contributed by atoms with Crippen molar-refractivity contribution in [2.24, 2.45) is 0 Å². The highest BCUT2D eigenvalue weighted by Crippen LogP contribution is 2.29. The van der Waals surface area contributed by atoms with Crippen molar-refractivity contribution in [3.05, 3.63) is 22.2 Å². The summed E-state index contributed by atoms with van der Waals surface area (Å²) in [5.41, 5.74) is 11.7. The van der Waals surface area contributed by atoms with Crippen LogP contribution in [0.5, 0.6) is 0 Å². The molecule has 0 saturated carbocycles. The van der Waals surface area contributed by atoms with Gasteiger partial charge in [-0.3, -0.25) is 0 Å². The summed E-state index contributed by atoms with van der Waals surface area (Å²) >= 11 is 11.2. The summed E-state index contributed by atoms with van der Waals surface area (Å²) in [4.78, 5) is 0. The zero-order valence-corrected chi connectivity index (χ0v) is 6.58. The molecule has 0 saturated heterocycles. The Morgan fingerprint density at radius 3 is 1.80 bits per heavy atom. The molecule has 54 valence electrons. The molecule has 4 heteroatoms. The molecule has 1 aromatic carbocycles. The second-order valence-corrected chi connectivity index (χ2v) is 2.71. The van der Waals surface area contributed by atoms with Crippen molar-refractivity contribution in [2.75, 3.05) is 11.5 Å². The topological polar surface area (TPSA) is 52.0 Å². The van der Waals surface area contributed by atoms with E-state index in [9.17, 15) is 0 Å². The number of nitrogens with two attached hydrogens (primary N) is 2. The van der Waals surface area contributed by atoms with Crippen molar-refractivity contribution in [1.29, 1.82) is 0 Å². The fourth-order valence-electron chi connectivity index (χ4n) is 0.632. The third-order valence-electron chi connectivity index (χ3n) is 1.09. The largest absolute Gasteiger partial charge is 0.397 e. The number of halogens is 2. The quantitative estimate of drug-likeness (QED) is 0.596. The van der Waals surface area contributed by atoms with E-state index in [0.29, 0.717) is 21.4 Å². The molecule has 0 amide bonds. The van der Waals surface area contributed by atoms with E-state index in [-0.39, 0.29) is 0 Å². The van der Waals surface area contributed by atoms with Gasteiger partial charge in [-0.2, -0.15) is 0 Å². The van der Waals surface area contributed by atoms with Crippen molar-refractivity contribution >= 4 is 34.6 Å². The molecule has 1 aromatic rings. The van der Waals surface area contributed by atoms with Gasteiger partial charge >= 0.3 is 0 Å². The van der Waals surface area contributed by atoms with Crippen LogP contribution in [0.3, 0.4) is 0 Å². The zero-order valence-electron chi connectivity index (χ0n) is 5.07. The van der Waals surface area contributed by atoms with Crippen molar-refractivity contribution in [3.63, 3.8) is 0 Å². The first-order chi connectivity index (χ1) is 4.61. The molecule has 0 fully saturated rings. The van der Waals surface area contributed by atoms with E-state index in [1.165, 1.54) is 0 Å². The average Bonchev–Trinajstić information content (AvgIpc) is 1.82. The zero-order chi connectivity index (χ0) is 7.72. The molecule has 0 radical (unpaired) electrons. The highest BCUT2D eigenvalue weighted by atomic mass is 35.5. The fraction of sp³-hybridized carbons (Fsp3) is 0. The molecular weight excluding hydrogens is 171 g/mol. The summed E-state index contributed by atoms with van der Waals surface area (Å²) in [6.07, 6.45) is 0. The third-order valence-corrected chi connectivity index (χ3v) is 1.75. The van der Waals surface area contributed by atoms with Gasteiger partial charge in [0.2, 0.25) is 0 Å². The Kier molecular flexibility index (Phi) is 1.92. The standard InChI is InChI=1S/C6H6Cl2N2/c7-3-1-4(9)6(8)5(10)2-3/h1-2H,9-10H2. The maximum atomic E-state index is 5.64. The molecule has 0 unspecified atom stereocenters.